The summed E-state index contributed by atoms with van der Waals surface area (Å²) in [4.78, 5) is 10.7. The zero-order valence-corrected chi connectivity index (χ0v) is 8.39. The zero-order valence-electron chi connectivity index (χ0n) is 7.63. The third kappa shape index (κ3) is 2.79. The minimum Gasteiger partial charge on any atom is -0.478 e. The summed E-state index contributed by atoms with van der Waals surface area (Å²) in [6, 6.07) is 2.24. The van der Waals surface area contributed by atoms with Crippen LogP contribution in [-0.2, 0) is 0 Å². The lowest BCUT2D eigenvalue weighted by atomic mass is 10.1. The summed E-state index contributed by atoms with van der Waals surface area (Å²) >= 11 is 5.60. The Bertz CT molecular complexity index is 393. The van der Waals surface area contributed by atoms with Gasteiger partial charge in [-0.05, 0) is 24.6 Å². The maximum Gasteiger partial charge on any atom is 0.387 e. The summed E-state index contributed by atoms with van der Waals surface area (Å²) in [7, 11) is 0. The third-order valence-electron chi connectivity index (χ3n) is 1.73. The first-order valence-corrected chi connectivity index (χ1v) is 4.28. The molecule has 0 aliphatic carbocycles. The molecule has 0 aromatic heterocycles. The fourth-order valence-electron chi connectivity index (χ4n) is 1.07. The van der Waals surface area contributed by atoms with E-state index in [1.54, 1.807) is 0 Å². The molecule has 0 aliphatic rings. The van der Waals surface area contributed by atoms with Crippen molar-refractivity contribution in [1.29, 1.82) is 0 Å². The van der Waals surface area contributed by atoms with E-state index in [1.165, 1.54) is 13.0 Å². The quantitative estimate of drug-likeness (QED) is 0.878. The van der Waals surface area contributed by atoms with Crippen LogP contribution in [-0.4, -0.2) is 17.7 Å². The fraction of sp³-hybridized carbons (Fsp3) is 0.222. The van der Waals surface area contributed by atoms with Gasteiger partial charge in [-0.25, -0.2) is 4.79 Å². The van der Waals surface area contributed by atoms with E-state index in [0.29, 0.717) is 5.56 Å². The first-order chi connectivity index (χ1) is 6.91. The molecule has 1 N–H and O–H groups in total. The number of benzene rings is 1. The average Bonchev–Trinajstić information content (AvgIpc) is 2.08. The highest BCUT2D eigenvalue weighted by Gasteiger charge is 2.14. The van der Waals surface area contributed by atoms with Gasteiger partial charge in [-0.15, -0.1) is 0 Å². The highest BCUT2D eigenvalue weighted by molar-refractivity contribution is 6.32. The van der Waals surface area contributed by atoms with E-state index >= 15 is 0 Å². The van der Waals surface area contributed by atoms with Gasteiger partial charge in [-0.2, -0.15) is 8.78 Å². The number of alkyl halides is 2. The number of carbonyl (C=O) groups is 1. The highest BCUT2D eigenvalue weighted by Crippen LogP contribution is 2.29. The summed E-state index contributed by atoms with van der Waals surface area (Å²) in [6.45, 7) is -1.52. The number of carboxylic acids is 1. The molecule has 15 heavy (non-hydrogen) atoms. The monoisotopic (exact) mass is 236 g/mol. The Labute approximate surface area is 89.2 Å². The molecule has 0 atom stereocenters. The molecule has 0 spiro atoms. The number of rotatable bonds is 3. The van der Waals surface area contributed by atoms with Gasteiger partial charge in [-0.1, -0.05) is 11.6 Å². The van der Waals surface area contributed by atoms with Gasteiger partial charge in [0.2, 0.25) is 0 Å². The van der Waals surface area contributed by atoms with Gasteiger partial charge < -0.3 is 9.84 Å². The van der Waals surface area contributed by atoms with Crippen LogP contribution in [0.3, 0.4) is 0 Å². The van der Waals surface area contributed by atoms with Gasteiger partial charge in [0.05, 0.1) is 10.6 Å². The standard InChI is InChI=1S/C9H7ClF2O3/c1-4-2-6(10)7(15-9(11)12)3-5(4)8(13)14/h2-3,9H,1H3,(H,13,14). The van der Waals surface area contributed by atoms with Crippen LogP contribution in [0.2, 0.25) is 5.02 Å². The second-order valence-electron chi connectivity index (χ2n) is 2.78. The van der Waals surface area contributed by atoms with E-state index in [0.717, 1.165) is 6.07 Å². The molecule has 1 aromatic carbocycles. The maximum atomic E-state index is 11.9. The number of hydrogen-bond acceptors (Lipinski definition) is 2. The van der Waals surface area contributed by atoms with E-state index in [4.69, 9.17) is 16.7 Å². The smallest absolute Gasteiger partial charge is 0.387 e. The first-order valence-electron chi connectivity index (χ1n) is 3.90. The molecule has 82 valence electrons. The largest absolute Gasteiger partial charge is 0.478 e. The van der Waals surface area contributed by atoms with Gasteiger partial charge in [0.25, 0.3) is 0 Å². The van der Waals surface area contributed by atoms with Gasteiger partial charge >= 0.3 is 12.6 Å². The second kappa shape index (κ2) is 4.44. The van der Waals surface area contributed by atoms with Crippen LogP contribution in [0.5, 0.6) is 5.75 Å². The van der Waals surface area contributed by atoms with Crippen molar-refractivity contribution >= 4 is 17.6 Å². The van der Waals surface area contributed by atoms with Gasteiger partial charge in [0, 0.05) is 0 Å². The van der Waals surface area contributed by atoms with Crippen molar-refractivity contribution in [3.63, 3.8) is 0 Å². The molecule has 0 amide bonds. The van der Waals surface area contributed by atoms with Gasteiger partial charge in [0.15, 0.2) is 0 Å². The minimum absolute atomic E-state index is 0.0437. The van der Waals surface area contributed by atoms with Crippen LogP contribution >= 0.6 is 11.6 Å². The Morgan fingerprint density at radius 2 is 2.13 bits per heavy atom. The molecule has 1 rings (SSSR count). The van der Waals surface area contributed by atoms with Crippen molar-refractivity contribution in [3.05, 3.63) is 28.3 Å². The Morgan fingerprint density at radius 3 is 2.60 bits per heavy atom. The van der Waals surface area contributed by atoms with Gasteiger partial charge in [0.1, 0.15) is 5.75 Å². The molecule has 0 aliphatic heterocycles. The first kappa shape index (κ1) is 11.7. The lowest BCUT2D eigenvalue weighted by Crippen LogP contribution is -2.05. The maximum absolute atomic E-state index is 11.9. The summed E-state index contributed by atoms with van der Waals surface area (Å²) in [5.41, 5.74) is 0.268. The normalized spacial score (nSPS) is 10.5. The molecule has 0 radical (unpaired) electrons. The van der Waals surface area contributed by atoms with Crippen LogP contribution < -0.4 is 4.74 Å². The number of hydrogen-bond donors (Lipinski definition) is 1. The van der Waals surface area contributed by atoms with Crippen molar-refractivity contribution in [1.82, 2.24) is 0 Å². The second-order valence-corrected chi connectivity index (χ2v) is 3.19. The average molecular weight is 237 g/mol. The van der Waals surface area contributed by atoms with E-state index in [1.807, 2.05) is 0 Å². The summed E-state index contributed by atoms with van der Waals surface area (Å²) in [6.07, 6.45) is 0. The number of halogens is 3. The summed E-state index contributed by atoms with van der Waals surface area (Å²) < 4.78 is 27.9. The minimum atomic E-state index is -3.04. The SMILES string of the molecule is Cc1cc(Cl)c(OC(F)F)cc1C(=O)O. The topological polar surface area (TPSA) is 46.5 Å². The molecular weight excluding hydrogens is 230 g/mol. The molecule has 0 unspecified atom stereocenters. The van der Waals surface area contributed by atoms with E-state index < -0.39 is 12.6 Å². The Kier molecular flexibility index (Phi) is 3.47. The van der Waals surface area contributed by atoms with Crippen molar-refractivity contribution in [2.45, 2.75) is 13.5 Å². The third-order valence-corrected chi connectivity index (χ3v) is 2.02. The predicted octanol–water partition coefficient (Wildman–Crippen LogP) is 2.95. The van der Waals surface area contributed by atoms with Gasteiger partial charge in [-0.3, -0.25) is 0 Å². The van der Waals surface area contributed by atoms with Crippen molar-refractivity contribution in [2.75, 3.05) is 0 Å². The van der Waals surface area contributed by atoms with Crippen LogP contribution in [0.25, 0.3) is 0 Å². The predicted molar refractivity (Wildman–Crippen MR) is 49.8 cm³/mol. The zero-order chi connectivity index (χ0) is 11.6. The molecule has 6 heteroatoms. The van der Waals surface area contributed by atoms with Crippen LogP contribution in [0.1, 0.15) is 15.9 Å². The highest BCUT2D eigenvalue weighted by atomic mass is 35.5. The van der Waals surface area contributed by atoms with E-state index in [2.05, 4.69) is 4.74 Å². The van der Waals surface area contributed by atoms with Crippen molar-refractivity contribution < 1.29 is 23.4 Å². The molecule has 0 saturated heterocycles. The van der Waals surface area contributed by atoms with Crippen molar-refractivity contribution in [2.24, 2.45) is 0 Å². The molecular formula is C9H7ClF2O3. The van der Waals surface area contributed by atoms with Crippen LogP contribution in [0.15, 0.2) is 12.1 Å². The lowest BCUT2D eigenvalue weighted by molar-refractivity contribution is -0.0498. The van der Waals surface area contributed by atoms with Crippen LogP contribution in [0, 0.1) is 6.92 Å². The molecule has 1 aromatic rings. The number of carboxylic acid groups (broad SMARTS) is 1. The number of aromatic carboxylic acids is 1. The lowest BCUT2D eigenvalue weighted by Gasteiger charge is -2.09. The Hall–Kier alpha value is -1.36. The summed E-state index contributed by atoms with van der Waals surface area (Å²) in [5.74, 6) is -1.56. The van der Waals surface area contributed by atoms with E-state index in [9.17, 15) is 13.6 Å². The Balaban J connectivity index is 3.17. The van der Waals surface area contributed by atoms with E-state index in [-0.39, 0.29) is 16.3 Å². The number of ether oxygens (including phenoxy) is 1. The molecule has 0 bridgehead atoms. The molecule has 0 fully saturated rings. The van der Waals surface area contributed by atoms with Crippen molar-refractivity contribution in [3.8, 4) is 5.75 Å². The molecule has 0 saturated carbocycles. The van der Waals surface area contributed by atoms with Crippen LogP contribution in [0.4, 0.5) is 8.78 Å². The fourth-order valence-corrected chi connectivity index (χ4v) is 1.33. The molecule has 0 heterocycles. The number of aryl methyl sites for hydroxylation is 1. The summed E-state index contributed by atoms with van der Waals surface area (Å²) in [5, 5.41) is 8.69. The molecule has 3 nitrogen and oxygen atoms in total. The Morgan fingerprint density at radius 1 is 1.53 bits per heavy atom.